The van der Waals surface area contributed by atoms with E-state index in [0.29, 0.717) is 18.5 Å². The van der Waals surface area contributed by atoms with Crippen LogP contribution in [0.1, 0.15) is 38.2 Å². The van der Waals surface area contributed by atoms with Gasteiger partial charge in [0.05, 0.1) is 23.8 Å². The van der Waals surface area contributed by atoms with Gasteiger partial charge in [0, 0.05) is 17.3 Å². The van der Waals surface area contributed by atoms with Crippen LogP contribution in [0.3, 0.4) is 0 Å². The molecule has 0 saturated heterocycles. The van der Waals surface area contributed by atoms with E-state index in [-0.39, 0.29) is 29.2 Å². The normalized spacial score (nSPS) is 19.1. The number of amidine groups is 1. The second kappa shape index (κ2) is 7.92. The Morgan fingerprint density at radius 2 is 2.08 bits per heavy atom. The van der Waals surface area contributed by atoms with Crippen LogP contribution < -0.4 is 11.5 Å². The molecule has 1 aromatic rings. The highest BCUT2D eigenvalue weighted by Gasteiger charge is 2.37. The molecule has 1 aliphatic rings. The number of carbonyl (C=O) groups excluding carboxylic acids is 1. The first-order valence-electron chi connectivity index (χ1n) is 8.06. The van der Waals surface area contributed by atoms with Crippen molar-refractivity contribution in [1.82, 2.24) is 0 Å². The molecular formula is C18H21F2N3O2. The largest absolute Gasteiger partial charge is 0.463 e. The van der Waals surface area contributed by atoms with Crippen LogP contribution in [0.2, 0.25) is 0 Å². The van der Waals surface area contributed by atoms with Gasteiger partial charge in [-0.3, -0.25) is 0 Å². The summed E-state index contributed by atoms with van der Waals surface area (Å²) >= 11 is 0. The van der Waals surface area contributed by atoms with Gasteiger partial charge in [0.25, 0.3) is 0 Å². The van der Waals surface area contributed by atoms with Crippen LogP contribution in [0.25, 0.3) is 0 Å². The predicted octanol–water partition coefficient (Wildman–Crippen LogP) is 2.88. The number of aliphatic imine (C=N–C) groups is 1. The minimum atomic E-state index is -1.06. The van der Waals surface area contributed by atoms with Crippen molar-refractivity contribution in [3.05, 3.63) is 58.4 Å². The van der Waals surface area contributed by atoms with Crippen LogP contribution in [0.15, 0.2) is 46.2 Å². The molecule has 0 saturated carbocycles. The van der Waals surface area contributed by atoms with Crippen molar-refractivity contribution in [3.8, 4) is 0 Å². The van der Waals surface area contributed by atoms with E-state index in [1.54, 1.807) is 6.92 Å². The summed E-state index contributed by atoms with van der Waals surface area (Å²) in [4.78, 5) is 16.8. The molecule has 0 aromatic heterocycles. The standard InChI is InChI=1S/C18H21F2N3O2/c1-3-6-13-15(18(24)25-4-2)14(11(9-21)17(22)23-13)10-7-5-8-12(19)16(10)20/h5,7-9,14H,3-4,6,21H2,1-2H3,(H2,22,23)/b11-9-. The van der Waals surface area contributed by atoms with E-state index in [2.05, 4.69) is 4.99 Å². The summed E-state index contributed by atoms with van der Waals surface area (Å²) in [7, 11) is 0. The highest BCUT2D eigenvalue weighted by atomic mass is 19.2. The van der Waals surface area contributed by atoms with Gasteiger partial charge in [0.2, 0.25) is 0 Å². The molecule has 0 bridgehead atoms. The van der Waals surface area contributed by atoms with Crippen molar-refractivity contribution in [1.29, 1.82) is 0 Å². The number of nitrogens with zero attached hydrogens (tertiary/aromatic N) is 1. The minimum absolute atomic E-state index is 0.0359. The first-order valence-corrected chi connectivity index (χ1v) is 8.06. The van der Waals surface area contributed by atoms with E-state index in [1.165, 1.54) is 12.1 Å². The number of hydrogen-bond acceptors (Lipinski definition) is 5. The average Bonchev–Trinajstić information content (AvgIpc) is 2.57. The third kappa shape index (κ3) is 3.55. The van der Waals surface area contributed by atoms with Crippen LogP contribution in [0, 0.1) is 11.6 Å². The Balaban J connectivity index is 2.75. The van der Waals surface area contributed by atoms with Crippen molar-refractivity contribution < 1.29 is 18.3 Å². The van der Waals surface area contributed by atoms with E-state index in [4.69, 9.17) is 16.2 Å². The number of esters is 1. The second-order valence-electron chi connectivity index (χ2n) is 5.53. The molecule has 0 spiro atoms. The lowest BCUT2D eigenvalue weighted by atomic mass is 9.80. The van der Waals surface area contributed by atoms with Crippen molar-refractivity contribution in [3.63, 3.8) is 0 Å². The van der Waals surface area contributed by atoms with Gasteiger partial charge in [-0.25, -0.2) is 18.6 Å². The molecule has 1 atom stereocenters. The van der Waals surface area contributed by atoms with Crippen molar-refractivity contribution in [2.45, 2.75) is 32.6 Å². The van der Waals surface area contributed by atoms with E-state index < -0.39 is 23.5 Å². The maximum absolute atomic E-state index is 14.5. The van der Waals surface area contributed by atoms with Crippen LogP contribution in [-0.4, -0.2) is 18.4 Å². The molecule has 7 heteroatoms. The molecule has 0 amide bonds. The lowest BCUT2D eigenvalue weighted by molar-refractivity contribution is -0.138. The lowest BCUT2D eigenvalue weighted by Crippen LogP contribution is -2.31. The van der Waals surface area contributed by atoms with Crippen molar-refractivity contribution >= 4 is 11.8 Å². The van der Waals surface area contributed by atoms with Gasteiger partial charge in [-0.1, -0.05) is 25.5 Å². The smallest absolute Gasteiger partial charge is 0.336 e. The summed E-state index contributed by atoms with van der Waals surface area (Å²) in [6.45, 7) is 3.71. The Morgan fingerprint density at radius 3 is 2.68 bits per heavy atom. The van der Waals surface area contributed by atoms with Crippen LogP contribution in [-0.2, 0) is 9.53 Å². The van der Waals surface area contributed by atoms with Crippen molar-refractivity contribution in [2.24, 2.45) is 16.5 Å². The van der Waals surface area contributed by atoms with Gasteiger partial charge in [0.15, 0.2) is 11.6 Å². The van der Waals surface area contributed by atoms with Crippen LogP contribution >= 0.6 is 0 Å². The minimum Gasteiger partial charge on any atom is -0.463 e. The number of halogens is 2. The third-order valence-electron chi connectivity index (χ3n) is 3.92. The van der Waals surface area contributed by atoms with Gasteiger partial charge in [-0.05, 0) is 19.4 Å². The Hall–Kier alpha value is -2.70. The summed E-state index contributed by atoms with van der Waals surface area (Å²) in [6.07, 6.45) is 2.30. The fourth-order valence-electron chi connectivity index (χ4n) is 2.86. The molecule has 0 aliphatic carbocycles. The number of ether oxygens (including phenoxy) is 1. The Morgan fingerprint density at radius 1 is 1.36 bits per heavy atom. The zero-order valence-electron chi connectivity index (χ0n) is 14.2. The number of carbonyl (C=O) groups is 1. The van der Waals surface area contributed by atoms with Crippen LogP contribution in [0.5, 0.6) is 0 Å². The fraction of sp³-hybridized carbons (Fsp3) is 0.333. The summed E-state index contributed by atoms with van der Waals surface area (Å²) in [6, 6.07) is 3.77. The molecule has 1 unspecified atom stereocenters. The molecule has 0 radical (unpaired) electrons. The summed E-state index contributed by atoms with van der Waals surface area (Å²) in [5.74, 6) is -3.61. The molecule has 2 rings (SSSR count). The topological polar surface area (TPSA) is 90.7 Å². The Kier molecular flexibility index (Phi) is 5.90. The number of hydrogen-bond donors (Lipinski definition) is 2. The quantitative estimate of drug-likeness (QED) is 0.800. The first kappa shape index (κ1) is 18.6. The van der Waals surface area contributed by atoms with E-state index in [9.17, 15) is 13.6 Å². The number of benzene rings is 1. The monoisotopic (exact) mass is 349 g/mol. The highest BCUT2D eigenvalue weighted by molar-refractivity contribution is 6.05. The van der Waals surface area contributed by atoms with E-state index >= 15 is 0 Å². The maximum atomic E-state index is 14.5. The molecule has 134 valence electrons. The summed E-state index contributed by atoms with van der Waals surface area (Å²) < 4.78 is 33.3. The molecular weight excluding hydrogens is 328 g/mol. The molecule has 1 aromatic carbocycles. The van der Waals surface area contributed by atoms with Crippen LogP contribution in [0.4, 0.5) is 8.78 Å². The molecule has 1 heterocycles. The summed E-state index contributed by atoms with van der Waals surface area (Å²) in [5, 5.41) is 0. The zero-order valence-corrected chi connectivity index (χ0v) is 14.2. The SMILES string of the molecule is CCCC1=C(C(=O)OCC)C(c2cccc(F)c2F)/C(=C/N)C(N)=N1. The second-order valence-corrected chi connectivity index (χ2v) is 5.53. The Bertz CT molecular complexity index is 770. The molecule has 5 nitrogen and oxygen atoms in total. The predicted molar refractivity (Wildman–Crippen MR) is 91.6 cm³/mol. The van der Waals surface area contributed by atoms with Crippen molar-refractivity contribution in [2.75, 3.05) is 6.61 Å². The molecule has 1 aliphatic heterocycles. The number of allylic oxidation sites excluding steroid dienone is 1. The molecule has 4 N–H and O–H groups in total. The highest BCUT2D eigenvalue weighted by Crippen LogP contribution is 2.40. The third-order valence-corrected chi connectivity index (χ3v) is 3.92. The molecule has 0 fully saturated rings. The average molecular weight is 349 g/mol. The van der Waals surface area contributed by atoms with Gasteiger partial charge in [-0.15, -0.1) is 0 Å². The van der Waals surface area contributed by atoms with Gasteiger partial charge in [0.1, 0.15) is 5.84 Å². The number of nitrogens with two attached hydrogens (primary N) is 2. The first-order chi connectivity index (χ1) is 12.0. The van der Waals surface area contributed by atoms with E-state index in [0.717, 1.165) is 12.3 Å². The fourth-order valence-corrected chi connectivity index (χ4v) is 2.86. The lowest BCUT2D eigenvalue weighted by Gasteiger charge is -2.28. The zero-order chi connectivity index (χ0) is 18.6. The van der Waals surface area contributed by atoms with E-state index in [1.807, 2.05) is 6.92 Å². The van der Waals surface area contributed by atoms with Gasteiger partial charge in [-0.2, -0.15) is 0 Å². The van der Waals surface area contributed by atoms with Gasteiger partial charge < -0.3 is 16.2 Å². The van der Waals surface area contributed by atoms with Gasteiger partial charge >= 0.3 is 5.97 Å². The summed E-state index contributed by atoms with van der Waals surface area (Å²) in [5.41, 5.74) is 12.4. The maximum Gasteiger partial charge on any atom is 0.336 e. The Labute approximate surface area is 145 Å². The molecule has 25 heavy (non-hydrogen) atoms. The number of rotatable bonds is 5.